The van der Waals surface area contributed by atoms with Gasteiger partial charge in [-0.1, -0.05) is 99.6 Å². The molecular formula is C30H38O4SSi. The van der Waals surface area contributed by atoms with Gasteiger partial charge >= 0.3 is 0 Å². The molecule has 0 saturated heterocycles. The fraction of sp³-hybridized carbons (Fsp3) is 0.333. The first kappa shape index (κ1) is 28.1. The molecule has 0 spiro atoms. The number of aryl methyl sites for hydroxylation is 1. The Kier molecular flexibility index (Phi) is 8.78. The summed E-state index contributed by atoms with van der Waals surface area (Å²) in [5.74, 6) is 0. The third-order valence-corrected chi connectivity index (χ3v) is 12.3. The molecule has 0 unspecified atom stereocenters. The van der Waals surface area contributed by atoms with Gasteiger partial charge in [-0.15, -0.1) is 0 Å². The largest absolute Gasteiger partial charge is 0.403 e. The first-order valence-electron chi connectivity index (χ1n) is 12.2. The number of hydrogen-bond donors (Lipinski definition) is 0. The minimum absolute atomic E-state index is 0.0197. The van der Waals surface area contributed by atoms with Gasteiger partial charge in [-0.25, -0.2) is 0 Å². The van der Waals surface area contributed by atoms with E-state index in [1.807, 2.05) is 13.0 Å². The summed E-state index contributed by atoms with van der Waals surface area (Å²) in [5, 5.41) is 2.40. The van der Waals surface area contributed by atoms with E-state index >= 15 is 0 Å². The molecule has 0 aliphatic rings. The van der Waals surface area contributed by atoms with Crippen molar-refractivity contribution in [1.29, 1.82) is 0 Å². The molecule has 0 aliphatic carbocycles. The van der Waals surface area contributed by atoms with Crippen LogP contribution in [0.4, 0.5) is 0 Å². The predicted octanol–water partition coefficient (Wildman–Crippen LogP) is 5.76. The van der Waals surface area contributed by atoms with Crippen LogP contribution in [0.25, 0.3) is 5.57 Å². The smallest absolute Gasteiger partial charge is 0.264 e. The van der Waals surface area contributed by atoms with Crippen LogP contribution in [0.2, 0.25) is 5.04 Å². The first-order valence-corrected chi connectivity index (χ1v) is 15.9. The van der Waals surface area contributed by atoms with E-state index < -0.39 is 18.4 Å². The molecule has 4 nitrogen and oxygen atoms in total. The fourth-order valence-electron chi connectivity index (χ4n) is 4.88. The molecule has 0 aromatic heterocycles. The Hall–Kier alpha value is -2.51. The molecule has 0 atom stereocenters. The van der Waals surface area contributed by atoms with Gasteiger partial charge in [-0.05, 0) is 64.0 Å². The SMILES string of the molecule is CC(=CCOS(C)(=O)=O)c1ccc(C)c(CO[Si](c2ccccc2)(c2ccccc2)C(C)(C)C)c1C. The quantitative estimate of drug-likeness (QED) is 0.265. The Balaban J connectivity index is 2.05. The zero-order valence-corrected chi connectivity index (χ0v) is 24.3. The monoisotopic (exact) mass is 522 g/mol. The van der Waals surface area contributed by atoms with Gasteiger partial charge in [-0.2, -0.15) is 8.42 Å². The van der Waals surface area contributed by atoms with Crippen molar-refractivity contribution in [3.05, 3.63) is 101 Å². The lowest BCUT2D eigenvalue weighted by Gasteiger charge is -2.43. The van der Waals surface area contributed by atoms with E-state index in [4.69, 9.17) is 8.61 Å². The average molecular weight is 523 g/mol. The van der Waals surface area contributed by atoms with Crippen molar-refractivity contribution in [2.75, 3.05) is 12.9 Å². The van der Waals surface area contributed by atoms with Gasteiger partial charge in [0.15, 0.2) is 0 Å². The van der Waals surface area contributed by atoms with Crippen molar-refractivity contribution in [3.63, 3.8) is 0 Å². The van der Waals surface area contributed by atoms with E-state index in [1.165, 1.54) is 15.9 Å². The molecule has 36 heavy (non-hydrogen) atoms. The Labute approximate surface area is 218 Å². The van der Waals surface area contributed by atoms with Crippen LogP contribution in [0.15, 0.2) is 78.9 Å². The molecule has 3 aromatic rings. The maximum atomic E-state index is 11.3. The van der Waals surface area contributed by atoms with Crippen LogP contribution in [-0.4, -0.2) is 29.6 Å². The Morgan fingerprint density at radius 3 is 1.89 bits per heavy atom. The van der Waals surface area contributed by atoms with E-state index in [1.54, 1.807) is 0 Å². The Bertz CT molecular complexity index is 1270. The van der Waals surface area contributed by atoms with Gasteiger partial charge in [0.05, 0.1) is 19.5 Å². The molecular weight excluding hydrogens is 484 g/mol. The average Bonchev–Trinajstić information content (AvgIpc) is 2.81. The van der Waals surface area contributed by atoms with Crippen molar-refractivity contribution in [1.82, 2.24) is 0 Å². The summed E-state index contributed by atoms with van der Waals surface area (Å²) in [4.78, 5) is 0. The fourth-order valence-corrected chi connectivity index (χ4v) is 9.71. The second kappa shape index (κ2) is 11.3. The third-order valence-electron chi connectivity index (χ3n) is 6.78. The summed E-state index contributed by atoms with van der Waals surface area (Å²) in [6.45, 7) is 13.6. The molecule has 0 heterocycles. The second-order valence-electron chi connectivity index (χ2n) is 10.4. The van der Waals surface area contributed by atoms with E-state index in [0.29, 0.717) is 6.61 Å². The summed E-state index contributed by atoms with van der Waals surface area (Å²) >= 11 is 0. The zero-order valence-electron chi connectivity index (χ0n) is 22.5. The van der Waals surface area contributed by atoms with Crippen molar-refractivity contribution in [3.8, 4) is 0 Å². The van der Waals surface area contributed by atoms with Gasteiger partial charge < -0.3 is 4.43 Å². The second-order valence-corrected chi connectivity index (χ2v) is 16.3. The van der Waals surface area contributed by atoms with Gasteiger partial charge in [0.2, 0.25) is 0 Å². The van der Waals surface area contributed by atoms with Gasteiger partial charge in [-0.3, -0.25) is 4.18 Å². The van der Waals surface area contributed by atoms with Gasteiger partial charge in [0.1, 0.15) is 0 Å². The van der Waals surface area contributed by atoms with Crippen LogP contribution >= 0.6 is 0 Å². The number of allylic oxidation sites excluding steroid dienone is 1. The molecule has 0 saturated carbocycles. The number of benzene rings is 3. The molecule has 6 heteroatoms. The highest BCUT2D eigenvalue weighted by Crippen LogP contribution is 2.38. The Morgan fingerprint density at radius 2 is 1.42 bits per heavy atom. The molecule has 0 N–H and O–H groups in total. The molecule has 3 rings (SSSR count). The first-order chi connectivity index (χ1) is 16.9. The van der Waals surface area contributed by atoms with E-state index in [0.717, 1.165) is 28.5 Å². The van der Waals surface area contributed by atoms with Crippen LogP contribution in [0.1, 0.15) is 49.9 Å². The van der Waals surface area contributed by atoms with Gasteiger partial charge in [0.25, 0.3) is 18.4 Å². The molecule has 192 valence electrons. The van der Waals surface area contributed by atoms with Crippen LogP contribution in [0.3, 0.4) is 0 Å². The lowest BCUT2D eigenvalue weighted by Crippen LogP contribution is -2.66. The summed E-state index contributed by atoms with van der Waals surface area (Å²) < 4.78 is 34.8. The lowest BCUT2D eigenvalue weighted by molar-refractivity contribution is 0.285. The van der Waals surface area contributed by atoms with Crippen LogP contribution in [0, 0.1) is 13.8 Å². The zero-order chi connectivity index (χ0) is 26.6. The van der Waals surface area contributed by atoms with E-state index in [9.17, 15) is 8.42 Å². The van der Waals surface area contributed by atoms with Gasteiger partial charge in [0, 0.05) is 0 Å². The van der Waals surface area contributed by atoms with Crippen molar-refractivity contribution >= 4 is 34.4 Å². The molecule has 3 aromatic carbocycles. The molecule has 0 radical (unpaired) electrons. The van der Waals surface area contributed by atoms with Crippen LogP contribution in [-0.2, 0) is 25.3 Å². The molecule has 0 fully saturated rings. The number of hydrogen-bond acceptors (Lipinski definition) is 4. The lowest BCUT2D eigenvalue weighted by atomic mass is 9.94. The topological polar surface area (TPSA) is 52.6 Å². The molecule has 0 amide bonds. The third kappa shape index (κ3) is 6.24. The summed E-state index contributed by atoms with van der Waals surface area (Å²) in [5.41, 5.74) is 5.52. The minimum atomic E-state index is -3.48. The standard InChI is InChI=1S/C30H38O4SSi/c1-23-18-19-28(24(2)20-21-33-35(7,31)32)25(3)29(23)22-34-36(30(4,5)6,26-14-10-8-11-15-26)27-16-12-9-13-17-27/h8-20H,21-22H2,1-7H3. The maximum Gasteiger partial charge on any atom is 0.264 e. The van der Waals surface area contributed by atoms with Crippen LogP contribution in [0.5, 0.6) is 0 Å². The van der Waals surface area contributed by atoms with E-state index in [-0.39, 0.29) is 11.6 Å². The van der Waals surface area contributed by atoms with E-state index in [2.05, 4.69) is 107 Å². The molecule has 0 aliphatic heterocycles. The van der Waals surface area contributed by atoms with Crippen molar-refractivity contribution in [2.45, 2.75) is 53.2 Å². The highest BCUT2D eigenvalue weighted by atomic mass is 32.2. The van der Waals surface area contributed by atoms with Crippen LogP contribution < -0.4 is 10.4 Å². The maximum absolute atomic E-state index is 11.3. The Morgan fingerprint density at radius 1 is 0.889 bits per heavy atom. The van der Waals surface area contributed by atoms with Crippen molar-refractivity contribution in [2.24, 2.45) is 0 Å². The summed E-state index contributed by atoms with van der Waals surface area (Å²) in [6, 6.07) is 25.5. The number of rotatable bonds is 9. The minimum Gasteiger partial charge on any atom is -0.403 e. The van der Waals surface area contributed by atoms with Crippen molar-refractivity contribution < 1.29 is 17.0 Å². The summed E-state index contributed by atoms with van der Waals surface area (Å²) in [6.07, 6.45) is 2.87. The normalized spacial score (nSPS) is 13.1. The predicted molar refractivity (Wildman–Crippen MR) is 153 cm³/mol. The highest BCUT2D eigenvalue weighted by molar-refractivity contribution is 7.86. The summed E-state index contributed by atoms with van der Waals surface area (Å²) in [7, 11) is -6.14. The molecule has 0 bridgehead atoms. The highest BCUT2D eigenvalue weighted by Gasteiger charge is 2.50.